The van der Waals surface area contributed by atoms with Gasteiger partial charge in [-0.1, -0.05) is 24.1 Å². The summed E-state index contributed by atoms with van der Waals surface area (Å²) < 4.78 is 1.88. The Labute approximate surface area is 189 Å². The Hall–Kier alpha value is -4.35. The van der Waals surface area contributed by atoms with Crippen LogP contribution in [0, 0.1) is 0 Å². The summed E-state index contributed by atoms with van der Waals surface area (Å²) in [4.78, 5) is 22.4. The van der Waals surface area contributed by atoms with E-state index in [1.807, 2.05) is 35.1 Å². The summed E-state index contributed by atoms with van der Waals surface area (Å²) in [6.45, 7) is 0. The van der Waals surface area contributed by atoms with Crippen LogP contribution < -0.4 is 16.4 Å². The minimum absolute atomic E-state index is 0.0851. The molecule has 1 aliphatic carbocycles. The SMILES string of the molecule is NC(=O)c1cnc(N[C@@H]2CCCC[C@@H]2n2ccnn2)nc1Nc1cccc(-n2nccn2)c1. The van der Waals surface area contributed by atoms with E-state index in [-0.39, 0.29) is 17.6 Å². The van der Waals surface area contributed by atoms with Crippen LogP contribution in [0.2, 0.25) is 0 Å². The second-order valence-corrected chi connectivity index (χ2v) is 7.80. The normalized spacial score (nSPS) is 18.1. The molecule has 12 nitrogen and oxygen atoms in total. The first-order valence-electron chi connectivity index (χ1n) is 10.7. The molecule has 0 radical (unpaired) electrons. The van der Waals surface area contributed by atoms with Crippen LogP contribution in [-0.4, -0.2) is 51.9 Å². The molecule has 1 saturated carbocycles. The highest BCUT2D eigenvalue weighted by Gasteiger charge is 2.28. The molecule has 12 heteroatoms. The van der Waals surface area contributed by atoms with Crippen molar-refractivity contribution in [3.8, 4) is 5.69 Å². The number of nitrogens with zero attached hydrogens (tertiary/aromatic N) is 8. The van der Waals surface area contributed by atoms with Gasteiger partial charge in [-0.3, -0.25) is 4.79 Å². The predicted octanol–water partition coefficient (Wildman–Crippen LogP) is 2.09. The molecule has 4 N–H and O–H groups in total. The van der Waals surface area contributed by atoms with E-state index in [0.717, 1.165) is 31.4 Å². The number of rotatable bonds is 7. The average molecular weight is 445 g/mol. The molecule has 168 valence electrons. The second-order valence-electron chi connectivity index (χ2n) is 7.80. The van der Waals surface area contributed by atoms with Crippen LogP contribution in [0.3, 0.4) is 0 Å². The van der Waals surface area contributed by atoms with Crippen LogP contribution in [0.15, 0.2) is 55.2 Å². The number of nitrogens with two attached hydrogens (primary N) is 1. The molecule has 1 fully saturated rings. The monoisotopic (exact) mass is 445 g/mol. The van der Waals surface area contributed by atoms with Crippen molar-refractivity contribution in [2.75, 3.05) is 10.6 Å². The van der Waals surface area contributed by atoms with Gasteiger partial charge >= 0.3 is 0 Å². The van der Waals surface area contributed by atoms with Crippen molar-refractivity contribution in [2.45, 2.75) is 37.8 Å². The van der Waals surface area contributed by atoms with Crippen LogP contribution in [0.5, 0.6) is 0 Å². The van der Waals surface area contributed by atoms with E-state index in [1.165, 1.54) is 11.0 Å². The number of nitrogens with one attached hydrogen (secondary N) is 2. The van der Waals surface area contributed by atoms with Crippen molar-refractivity contribution in [1.29, 1.82) is 0 Å². The highest BCUT2D eigenvalue weighted by molar-refractivity contribution is 5.98. The van der Waals surface area contributed by atoms with Crippen molar-refractivity contribution in [1.82, 2.24) is 40.0 Å². The molecule has 0 spiro atoms. The molecule has 33 heavy (non-hydrogen) atoms. The lowest BCUT2D eigenvalue weighted by molar-refractivity contribution is 0.100. The molecule has 3 heterocycles. The fraction of sp³-hybridized carbons (Fsp3) is 0.286. The first-order chi connectivity index (χ1) is 16.2. The third kappa shape index (κ3) is 4.49. The van der Waals surface area contributed by atoms with Gasteiger partial charge in [-0.05, 0) is 31.0 Å². The molecule has 2 atom stereocenters. The van der Waals surface area contributed by atoms with Gasteiger partial charge in [0.1, 0.15) is 11.4 Å². The summed E-state index contributed by atoms with van der Waals surface area (Å²) in [6.07, 6.45) is 12.4. The van der Waals surface area contributed by atoms with Gasteiger partial charge in [0.2, 0.25) is 5.95 Å². The molecule has 5 rings (SSSR count). The van der Waals surface area contributed by atoms with Gasteiger partial charge in [0.15, 0.2) is 0 Å². The summed E-state index contributed by atoms with van der Waals surface area (Å²) in [5.74, 6) is 0.107. The Kier molecular flexibility index (Phi) is 5.62. The van der Waals surface area contributed by atoms with E-state index in [4.69, 9.17) is 5.73 Å². The van der Waals surface area contributed by atoms with Crippen LogP contribution in [0.25, 0.3) is 5.69 Å². The highest BCUT2D eigenvalue weighted by Crippen LogP contribution is 2.30. The molecule has 0 bridgehead atoms. The number of hydrogen-bond donors (Lipinski definition) is 3. The van der Waals surface area contributed by atoms with Crippen molar-refractivity contribution >= 4 is 23.4 Å². The standard InChI is InChI=1S/C21H23N11O/c22-19(33)16-13-23-21(28-17-6-1-2-7-18(17)31-11-10-24-30-31)29-20(16)27-14-4-3-5-15(12-14)32-25-8-9-26-32/h3-5,8-13,17-18H,1-2,6-7H2,(H2,22,33)(H2,23,27,28,29)/t17-,18+/m1/s1. The van der Waals surface area contributed by atoms with E-state index in [2.05, 4.69) is 41.1 Å². The Morgan fingerprint density at radius 2 is 1.97 bits per heavy atom. The number of anilines is 3. The zero-order valence-electron chi connectivity index (χ0n) is 17.7. The van der Waals surface area contributed by atoms with E-state index >= 15 is 0 Å². The quantitative estimate of drug-likeness (QED) is 0.388. The third-order valence-corrected chi connectivity index (χ3v) is 5.64. The lowest BCUT2D eigenvalue weighted by Gasteiger charge is -2.32. The van der Waals surface area contributed by atoms with E-state index < -0.39 is 5.91 Å². The largest absolute Gasteiger partial charge is 0.365 e. The zero-order valence-corrected chi connectivity index (χ0v) is 17.7. The smallest absolute Gasteiger partial charge is 0.254 e. The molecule has 0 unspecified atom stereocenters. The molecule has 4 aromatic rings. The predicted molar refractivity (Wildman–Crippen MR) is 120 cm³/mol. The minimum atomic E-state index is -0.618. The van der Waals surface area contributed by atoms with Crippen LogP contribution in [-0.2, 0) is 0 Å². The van der Waals surface area contributed by atoms with Gasteiger partial charge < -0.3 is 16.4 Å². The maximum absolute atomic E-state index is 12.0. The van der Waals surface area contributed by atoms with Crippen molar-refractivity contribution in [2.24, 2.45) is 5.73 Å². The minimum Gasteiger partial charge on any atom is -0.365 e. The summed E-state index contributed by atoms with van der Waals surface area (Å²) in [5, 5.41) is 23.0. The fourth-order valence-electron chi connectivity index (χ4n) is 4.08. The van der Waals surface area contributed by atoms with Crippen molar-refractivity contribution < 1.29 is 4.79 Å². The number of amides is 1. The molecule has 1 aromatic carbocycles. The van der Waals surface area contributed by atoms with Gasteiger partial charge in [-0.15, -0.1) is 5.10 Å². The number of primary amides is 1. The summed E-state index contributed by atoms with van der Waals surface area (Å²) in [6, 6.07) is 7.67. The van der Waals surface area contributed by atoms with Crippen LogP contribution >= 0.6 is 0 Å². The van der Waals surface area contributed by atoms with E-state index in [1.54, 1.807) is 18.6 Å². The average Bonchev–Trinajstić information content (AvgIpc) is 3.54. The van der Waals surface area contributed by atoms with Gasteiger partial charge in [0, 0.05) is 18.1 Å². The van der Waals surface area contributed by atoms with Gasteiger partial charge in [-0.2, -0.15) is 20.0 Å². The Morgan fingerprint density at radius 1 is 1.12 bits per heavy atom. The van der Waals surface area contributed by atoms with Gasteiger partial charge in [0.25, 0.3) is 5.91 Å². The maximum atomic E-state index is 12.0. The number of aromatic nitrogens is 8. The molecular weight excluding hydrogens is 422 g/mol. The van der Waals surface area contributed by atoms with Crippen LogP contribution in [0.1, 0.15) is 42.1 Å². The lowest BCUT2D eigenvalue weighted by atomic mass is 9.90. The molecule has 1 amide bonds. The molecular formula is C21H23N11O. The van der Waals surface area contributed by atoms with Crippen LogP contribution in [0.4, 0.5) is 17.5 Å². The number of hydrogen-bond acceptors (Lipinski definition) is 9. The third-order valence-electron chi connectivity index (χ3n) is 5.64. The van der Waals surface area contributed by atoms with Gasteiger partial charge in [0.05, 0.1) is 36.4 Å². The number of carbonyl (C=O) groups excluding carboxylic acids is 1. The van der Waals surface area contributed by atoms with Crippen molar-refractivity contribution in [3.63, 3.8) is 0 Å². The number of benzene rings is 1. The fourth-order valence-corrected chi connectivity index (χ4v) is 4.08. The Morgan fingerprint density at radius 3 is 2.76 bits per heavy atom. The van der Waals surface area contributed by atoms with E-state index in [9.17, 15) is 4.79 Å². The Balaban J connectivity index is 1.41. The topological polar surface area (TPSA) is 154 Å². The van der Waals surface area contributed by atoms with Crippen molar-refractivity contribution in [3.05, 3.63) is 60.8 Å². The highest BCUT2D eigenvalue weighted by atomic mass is 16.1. The zero-order chi connectivity index (χ0) is 22.6. The summed E-state index contributed by atoms with van der Waals surface area (Å²) in [7, 11) is 0. The first kappa shape index (κ1) is 20.5. The number of carbonyl (C=O) groups is 1. The van der Waals surface area contributed by atoms with E-state index in [0.29, 0.717) is 17.5 Å². The maximum Gasteiger partial charge on any atom is 0.254 e. The van der Waals surface area contributed by atoms with Gasteiger partial charge in [-0.25, -0.2) is 9.67 Å². The lowest BCUT2D eigenvalue weighted by Crippen LogP contribution is -2.35. The molecule has 0 aliphatic heterocycles. The molecule has 1 aliphatic rings. The summed E-state index contributed by atoms with van der Waals surface area (Å²) >= 11 is 0. The summed E-state index contributed by atoms with van der Waals surface area (Å²) in [5.41, 5.74) is 7.23. The Bertz CT molecular complexity index is 1220. The molecule has 3 aromatic heterocycles. The first-order valence-corrected chi connectivity index (χ1v) is 10.7. The molecule has 0 saturated heterocycles. The second kappa shape index (κ2) is 9.02.